The van der Waals surface area contributed by atoms with Crippen LogP contribution in [0.15, 0.2) is 41.1 Å². The number of hydrogen-bond donors (Lipinski definition) is 1. The topological polar surface area (TPSA) is 87.9 Å². The fraction of sp³-hybridized carbons (Fsp3) is 0.522. The lowest BCUT2D eigenvalue weighted by Gasteiger charge is -2.34. The molecule has 1 aliphatic heterocycles. The molecule has 0 radical (unpaired) electrons. The average molecular weight is 427 g/mol. The van der Waals surface area contributed by atoms with E-state index in [1.165, 1.54) is 38.3 Å². The first-order valence-corrected chi connectivity index (χ1v) is 11.2. The number of amides is 3. The molecule has 1 N–H and O–H groups in total. The van der Waals surface area contributed by atoms with Gasteiger partial charge < -0.3 is 19.1 Å². The fourth-order valence-corrected chi connectivity index (χ4v) is 4.30. The van der Waals surface area contributed by atoms with E-state index in [0.717, 1.165) is 18.1 Å². The van der Waals surface area contributed by atoms with Crippen LogP contribution >= 0.6 is 0 Å². The molecule has 166 valence electrons. The molecule has 3 amide bonds. The molecule has 31 heavy (non-hydrogen) atoms. The molecule has 2 fully saturated rings. The Labute approximate surface area is 182 Å². The summed E-state index contributed by atoms with van der Waals surface area (Å²) < 4.78 is 10.8. The van der Waals surface area contributed by atoms with E-state index in [2.05, 4.69) is 10.5 Å². The predicted molar refractivity (Wildman–Crippen MR) is 116 cm³/mol. The van der Waals surface area contributed by atoms with Crippen molar-refractivity contribution in [2.45, 2.75) is 38.5 Å². The smallest absolute Gasteiger partial charge is 0.324 e. The molecule has 0 bridgehead atoms. The van der Waals surface area contributed by atoms with Crippen LogP contribution < -0.4 is 10.1 Å². The highest BCUT2D eigenvalue weighted by Crippen LogP contribution is 2.26. The van der Waals surface area contributed by atoms with E-state index in [4.69, 9.17) is 9.26 Å². The second-order valence-electron chi connectivity index (χ2n) is 8.26. The average Bonchev–Trinajstić information content (AvgIpc) is 3.33. The third-order valence-corrected chi connectivity index (χ3v) is 6.12. The number of nitrogens with zero attached hydrogens (tertiary/aromatic N) is 3. The Morgan fingerprint density at radius 2 is 1.84 bits per heavy atom. The molecular formula is C23H30N4O4. The molecule has 2 aromatic rings. The summed E-state index contributed by atoms with van der Waals surface area (Å²) in [5, 5.41) is 6.22. The Kier molecular flexibility index (Phi) is 7.07. The summed E-state index contributed by atoms with van der Waals surface area (Å²) in [7, 11) is 0. The largest absolute Gasteiger partial charge is 0.494 e. The number of hydrogen-bond acceptors (Lipinski definition) is 5. The van der Waals surface area contributed by atoms with Crippen LogP contribution in [0.1, 0.15) is 48.9 Å². The van der Waals surface area contributed by atoms with Crippen molar-refractivity contribution in [3.63, 3.8) is 0 Å². The van der Waals surface area contributed by atoms with Gasteiger partial charge in [-0.15, -0.1) is 0 Å². The lowest BCUT2D eigenvalue weighted by Crippen LogP contribution is -2.51. The monoisotopic (exact) mass is 426 g/mol. The predicted octanol–water partition coefficient (Wildman–Crippen LogP) is 4.01. The van der Waals surface area contributed by atoms with Crippen molar-refractivity contribution in [3.05, 3.63) is 42.1 Å². The normalized spacial score (nSPS) is 17.4. The molecule has 1 aromatic heterocycles. The highest BCUT2D eigenvalue weighted by molar-refractivity contribution is 5.95. The van der Waals surface area contributed by atoms with Gasteiger partial charge in [-0.05, 0) is 30.5 Å². The zero-order chi connectivity index (χ0) is 21.5. The lowest BCUT2D eigenvalue weighted by molar-refractivity contribution is 0.0671. The summed E-state index contributed by atoms with van der Waals surface area (Å²) in [5.41, 5.74) is 0.620. The minimum absolute atomic E-state index is 0.0342. The lowest BCUT2D eigenvalue weighted by atomic mass is 9.87. The number of aromatic nitrogens is 1. The summed E-state index contributed by atoms with van der Waals surface area (Å²) in [4.78, 5) is 28.7. The van der Waals surface area contributed by atoms with Gasteiger partial charge in [0.15, 0.2) is 0 Å². The van der Waals surface area contributed by atoms with E-state index in [9.17, 15) is 9.59 Å². The molecule has 1 aromatic carbocycles. The number of piperazine rings is 1. The van der Waals surface area contributed by atoms with E-state index in [1.807, 2.05) is 24.3 Å². The zero-order valence-electron chi connectivity index (χ0n) is 17.8. The second kappa shape index (κ2) is 10.3. The van der Waals surface area contributed by atoms with E-state index >= 15 is 0 Å². The maximum Gasteiger partial charge on any atom is 0.324 e. The number of rotatable bonds is 6. The van der Waals surface area contributed by atoms with Gasteiger partial charge in [0.2, 0.25) is 5.88 Å². The number of urea groups is 1. The SMILES string of the molecule is O=C(Nc1ccno1)N1CCN(C(=O)c2cccc(OCCC3CCCCC3)c2)CC1. The molecule has 2 heterocycles. The van der Waals surface area contributed by atoms with Crippen LogP contribution in [0.2, 0.25) is 0 Å². The number of benzene rings is 1. The molecule has 8 nitrogen and oxygen atoms in total. The number of carbonyl (C=O) groups excluding carboxylic acids is 2. The van der Waals surface area contributed by atoms with Gasteiger partial charge in [-0.3, -0.25) is 10.1 Å². The van der Waals surface area contributed by atoms with Crippen molar-refractivity contribution in [2.75, 3.05) is 38.1 Å². The van der Waals surface area contributed by atoms with Gasteiger partial charge in [-0.1, -0.05) is 43.3 Å². The number of nitrogens with one attached hydrogen (secondary N) is 1. The van der Waals surface area contributed by atoms with Gasteiger partial charge in [0, 0.05) is 37.8 Å². The third-order valence-electron chi connectivity index (χ3n) is 6.12. The Hall–Kier alpha value is -3.03. The van der Waals surface area contributed by atoms with Crippen molar-refractivity contribution in [3.8, 4) is 5.75 Å². The Morgan fingerprint density at radius 3 is 2.58 bits per heavy atom. The highest BCUT2D eigenvalue weighted by Gasteiger charge is 2.25. The molecule has 1 saturated heterocycles. The van der Waals surface area contributed by atoms with Crippen LogP contribution in [0.25, 0.3) is 0 Å². The quantitative estimate of drug-likeness (QED) is 0.754. The standard InChI is InChI=1S/C23H30N4O4/c28-22(26-12-14-27(15-13-26)23(29)25-21-9-11-24-31-21)19-7-4-8-20(17-19)30-16-10-18-5-2-1-3-6-18/h4,7-9,11,17-18H,1-3,5-6,10,12-16H2,(H,25,29). The molecule has 8 heteroatoms. The summed E-state index contributed by atoms with van der Waals surface area (Å²) in [5.74, 6) is 1.79. The summed E-state index contributed by atoms with van der Waals surface area (Å²) in [6.07, 6.45) is 9.21. The first-order valence-electron chi connectivity index (χ1n) is 11.2. The van der Waals surface area contributed by atoms with Crippen molar-refractivity contribution < 1.29 is 18.8 Å². The van der Waals surface area contributed by atoms with Crippen LogP contribution in [-0.4, -0.2) is 59.7 Å². The zero-order valence-corrected chi connectivity index (χ0v) is 17.8. The minimum Gasteiger partial charge on any atom is -0.494 e. The maximum atomic E-state index is 12.9. The molecule has 2 aliphatic rings. The third kappa shape index (κ3) is 5.77. The van der Waals surface area contributed by atoms with Crippen LogP contribution in [0.3, 0.4) is 0 Å². The molecule has 1 saturated carbocycles. The van der Waals surface area contributed by atoms with Crippen LogP contribution in [-0.2, 0) is 0 Å². The maximum absolute atomic E-state index is 12.9. The van der Waals surface area contributed by atoms with E-state index in [-0.39, 0.29) is 11.9 Å². The van der Waals surface area contributed by atoms with Crippen molar-refractivity contribution in [2.24, 2.45) is 5.92 Å². The Balaban J connectivity index is 1.24. The van der Waals surface area contributed by atoms with Crippen molar-refractivity contribution in [1.82, 2.24) is 15.0 Å². The Bertz CT molecular complexity index is 856. The highest BCUT2D eigenvalue weighted by atomic mass is 16.5. The summed E-state index contributed by atoms with van der Waals surface area (Å²) in [6.45, 7) is 2.58. The van der Waals surface area contributed by atoms with Crippen molar-refractivity contribution in [1.29, 1.82) is 0 Å². The first-order chi connectivity index (χ1) is 15.2. The van der Waals surface area contributed by atoms with Crippen LogP contribution in [0, 0.1) is 5.92 Å². The molecule has 0 atom stereocenters. The van der Waals surface area contributed by atoms with Gasteiger partial charge in [0.05, 0.1) is 12.8 Å². The van der Waals surface area contributed by atoms with Gasteiger partial charge in [-0.2, -0.15) is 0 Å². The van der Waals surface area contributed by atoms with E-state index in [1.54, 1.807) is 15.9 Å². The van der Waals surface area contributed by atoms with Crippen LogP contribution in [0.5, 0.6) is 5.75 Å². The number of carbonyl (C=O) groups is 2. The number of ether oxygens (including phenoxy) is 1. The molecule has 1 aliphatic carbocycles. The molecule has 0 spiro atoms. The number of anilines is 1. The molecule has 0 unspecified atom stereocenters. The first kappa shape index (κ1) is 21.2. The Morgan fingerprint density at radius 1 is 1.06 bits per heavy atom. The second-order valence-corrected chi connectivity index (χ2v) is 8.26. The summed E-state index contributed by atoms with van der Waals surface area (Å²) >= 11 is 0. The summed E-state index contributed by atoms with van der Waals surface area (Å²) in [6, 6.07) is 8.75. The van der Waals surface area contributed by atoms with Gasteiger partial charge in [-0.25, -0.2) is 4.79 Å². The van der Waals surface area contributed by atoms with Gasteiger partial charge >= 0.3 is 6.03 Å². The van der Waals surface area contributed by atoms with Gasteiger partial charge in [0.25, 0.3) is 5.91 Å². The molecular weight excluding hydrogens is 396 g/mol. The minimum atomic E-state index is -0.253. The van der Waals surface area contributed by atoms with Crippen molar-refractivity contribution >= 4 is 17.8 Å². The molecule has 4 rings (SSSR count). The van der Waals surface area contributed by atoms with Crippen LogP contribution in [0.4, 0.5) is 10.7 Å². The van der Waals surface area contributed by atoms with E-state index < -0.39 is 0 Å². The van der Waals surface area contributed by atoms with Gasteiger partial charge in [0.1, 0.15) is 5.75 Å². The fourth-order valence-electron chi connectivity index (χ4n) is 4.30. The van der Waals surface area contributed by atoms with E-state index in [0.29, 0.717) is 44.2 Å².